The van der Waals surface area contributed by atoms with Gasteiger partial charge in [-0.3, -0.25) is 4.79 Å². The number of aliphatic hydroxyl groups is 1. The molecule has 1 aromatic carbocycles. The van der Waals surface area contributed by atoms with E-state index >= 15 is 0 Å². The predicted molar refractivity (Wildman–Crippen MR) is 94.6 cm³/mol. The first kappa shape index (κ1) is 16.6. The van der Waals surface area contributed by atoms with Gasteiger partial charge >= 0.3 is 0 Å². The molecule has 1 fully saturated rings. The molecule has 1 aromatic heterocycles. The topological polar surface area (TPSA) is 65.7 Å². The zero-order chi connectivity index (χ0) is 17.1. The maximum absolute atomic E-state index is 12.5. The van der Waals surface area contributed by atoms with Crippen molar-refractivity contribution in [3.05, 3.63) is 47.4 Å². The average molecular weight is 328 g/mol. The number of carbonyl (C=O) groups excluding carboxylic acids is 1. The number of piperidine rings is 1. The molecule has 2 aromatic rings. The van der Waals surface area contributed by atoms with Crippen LogP contribution in [0.15, 0.2) is 34.7 Å². The summed E-state index contributed by atoms with van der Waals surface area (Å²) in [6, 6.07) is 9.69. The summed E-state index contributed by atoms with van der Waals surface area (Å²) in [6.07, 6.45) is 1.94. The zero-order valence-electron chi connectivity index (χ0n) is 14.2. The Morgan fingerprint density at radius 2 is 2.00 bits per heavy atom. The number of hydrogen-bond donors (Lipinski definition) is 2. The van der Waals surface area contributed by atoms with Crippen LogP contribution in [0, 0.1) is 19.8 Å². The second-order valence-electron chi connectivity index (χ2n) is 6.45. The van der Waals surface area contributed by atoms with Crippen molar-refractivity contribution in [1.82, 2.24) is 0 Å². The molecule has 2 heterocycles. The highest BCUT2D eigenvalue weighted by atomic mass is 16.3. The van der Waals surface area contributed by atoms with Crippen LogP contribution in [0.4, 0.5) is 11.4 Å². The Morgan fingerprint density at radius 1 is 1.29 bits per heavy atom. The number of hydrogen-bond acceptors (Lipinski definition) is 4. The molecular weight excluding hydrogens is 304 g/mol. The molecule has 0 saturated carbocycles. The minimum absolute atomic E-state index is 0.224. The fourth-order valence-electron chi connectivity index (χ4n) is 3.26. The highest BCUT2D eigenvalue weighted by Crippen LogP contribution is 2.30. The van der Waals surface area contributed by atoms with Crippen LogP contribution in [-0.4, -0.2) is 30.7 Å². The van der Waals surface area contributed by atoms with Gasteiger partial charge in [-0.1, -0.05) is 12.1 Å². The number of nitrogens with one attached hydrogen (secondary N) is 1. The number of amides is 1. The van der Waals surface area contributed by atoms with E-state index in [1.807, 2.05) is 44.2 Å². The molecule has 0 radical (unpaired) electrons. The standard InChI is InChI=1S/C19H24N2O3/c1-13-11-14(2)24-18(13)19(23)20-16-5-3-4-6-17(16)21-9-7-15(12-22)8-10-21/h3-6,11,15,22H,7-10,12H2,1-2H3,(H,20,23). The van der Waals surface area contributed by atoms with Crippen LogP contribution in [0.1, 0.15) is 34.7 Å². The van der Waals surface area contributed by atoms with Gasteiger partial charge in [0, 0.05) is 25.3 Å². The molecule has 24 heavy (non-hydrogen) atoms. The normalized spacial score (nSPS) is 15.5. The lowest BCUT2D eigenvalue weighted by Gasteiger charge is -2.34. The van der Waals surface area contributed by atoms with Crippen molar-refractivity contribution in [3.63, 3.8) is 0 Å². The molecule has 3 rings (SSSR count). The Labute approximate surface area is 142 Å². The van der Waals surface area contributed by atoms with Crippen molar-refractivity contribution in [3.8, 4) is 0 Å². The van der Waals surface area contributed by atoms with Gasteiger partial charge in [0.05, 0.1) is 11.4 Å². The molecule has 5 nitrogen and oxygen atoms in total. The summed E-state index contributed by atoms with van der Waals surface area (Å²) in [5, 5.41) is 12.3. The Kier molecular flexibility index (Phi) is 4.90. The van der Waals surface area contributed by atoms with Gasteiger partial charge in [0.2, 0.25) is 0 Å². The summed E-state index contributed by atoms with van der Waals surface area (Å²) in [5.74, 6) is 1.26. The Balaban J connectivity index is 1.77. The highest BCUT2D eigenvalue weighted by Gasteiger charge is 2.22. The van der Waals surface area contributed by atoms with Crippen LogP contribution in [-0.2, 0) is 0 Å². The fraction of sp³-hybridized carbons (Fsp3) is 0.421. The van der Waals surface area contributed by atoms with Crippen LogP contribution in [0.5, 0.6) is 0 Å². The maximum atomic E-state index is 12.5. The molecule has 1 saturated heterocycles. The molecule has 2 N–H and O–H groups in total. The largest absolute Gasteiger partial charge is 0.456 e. The van der Waals surface area contributed by atoms with Gasteiger partial charge in [0.25, 0.3) is 5.91 Å². The lowest BCUT2D eigenvalue weighted by atomic mass is 9.97. The monoisotopic (exact) mass is 328 g/mol. The Bertz CT molecular complexity index is 715. The van der Waals surface area contributed by atoms with E-state index in [0.717, 1.165) is 48.6 Å². The SMILES string of the molecule is Cc1cc(C)c(C(=O)Nc2ccccc2N2CCC(CO)CC2)o1. The van der Waals surface area contributed by atoms with Crippen LogP contribution >= 0.6 is 0 Å². The third-order valence-electron chi connectivity index (χ3n) is 4.61. The van der Waals surface area contributed by atoms with E-state index in [1.165, 1.54) is 0 Å². The molecule has 128 valence electrons. The fourth-order valence-corrected chi connectivity index (χ4v) is 3.26. The van der Waals surface area contributed by atoms with Crippen molar-refractivity contribution in [2.45, 2.75) is 26.7 Å². The van der Waals surface area contributed by atoms with Crippen molar-refractivity contribution in [2.75, 3.05) is 29.9 Å². The lowest BCUT2D eigenvalue weighted by molar-refractivity contribution is 0.0994. The quantitative estimate of drug-likeness (QED) is 0.903. The molecule has 1 aliphatic heterocycles. The van der Waals surface area contributed by atoms with Gasteiger partial charge in [-0.2, -0.15) is 0 Å². The molecule has 1 amide bonds. The molecule has 5 heteroatoms. The first-order valence-corrected chi connectivity index (χ1v) is 8.41. The van der Waals surface area contributed by atoms with E-state index in [9.17, 15) is 9.90 Å². The van der Waals surface area contributed by atoms with Gasteiger partial charge in [-0.05, 0) is 50.8 Å². The second-order valence-corrected chi connectivity index (χ2v) is 6.45. The summed E-state index contributed by atoms with van der Waals surface area (Å²) in [7, 11) is 0. The van der Waals surface area contributed by atoms with E-state index in [4.69, 9.17) is 4.42 Å². The van der Waals surface area contributed by atoms with E-state index < -0.39 is 0 Å². The first-order valence-electron chi connectivity index (χ1n) is 8.41. The van der Waals surface area contributed by atoms with Gasteiger partial charge < -0.3 is 19.7 Å². The van der Waals surface area contributed by atoms with Crippen LogP contribution in [0.25, 0.3) is 0 Å². The third kappa shape index (κ3) is 3.46. The predicted octanol–water partition coefficient (Wildman–Crippen LogP) is 3.36. The number of anilines is 2. The van der Waals surface area contributed by atoms with Crippen LogP contribution < -0.4 is 10.2 Å². The van der Waals surface area contributed by atoms with Gasteiger partial charge in [-0.15, -0.1) is 0 Å². The smallest absolute Gasteiger partial charge is 0.291 e. The third-order valence-corrected chi connectivity index (χ3v) is 4.61. The molecule has 0 aliphatic carbocycles. The molecule has 0 spiro atoms. The minimum atomic E-state index is -0.224. The zero-order valence-corrected chi connectivity index (χ0v) is 14.2. The Morgan fingerprint density at radius 3 is 2.62 bits per heavy atom. The summed E-state index contributed by atoms with van der Waals surface area (Å²) in [4.78, 5) is 14.8. The summed E-state index contributed by atoms with van der Waals surface area (Å²) >= 11 is 0. The first-order chi connectivity index (χ1) is 11.6. The molecule has 0 atom stereocenters. The van der Waals surface area contributed by atoms with Crippen LogP contribution in [0.3, 0.4) is 0 Å². The maximum Gasteiger partial charge on any atom is 0.291 e. The number of rotatable bonds is 4. The Hall–Kier alpha value is -2.27. The number of aryl methyl sites for hydroxylation is 2. The summed E-state index contributed by atoms with van der Waals surface area (Å²) in [6.45, 7) is 5.73. The van der Waals surface area contributed by atoms with Crippen molar-refractivity contribution >= 4 is 17.3 Å². The van der Waals surface area contributed by atoms with E-state index in [1.54, 1.807) is 0 Å². The second kappa shape index (κ2) is 7.09. The number of benzene rings is 1. The number of furan rings is 1. The van der Waals surface area contributed by atoms with Crippen molar-refractivity contribution < 1.29 is 14.3 Å². The summed E-state index contributed by atoms with van der Waals surface area (Å²) in [5.41, 5.74) is 2.65. The lowest BCUT2D eigenvalue weighted by Crippen LogP contribution is -2.35. The summed E-state index contributed by atoms with van der Waals surface area (Å²) < 4.78 is 5.51. The number of nitrogens with zero attached hydrogens (tertiary/aromatic N) is 1. The molecule has 1 aliphatic rings. The molecular formula is C19H24N2O3. The van der Waals surface area contributed by atoms with Crippen LogP contribution in [0.2, 0.25) is 0 Å². The minimum Gasteiger partial charge on any atom is -0.456 e. The number of carbonyl (C=O) groups is 1. The van der Waals surface area contributed by atoms with Gasteiger partial charge in [0.1, 0.15) is 5.76 Å². The molecule has 0 bridgehead atoms. The highest BCUT2D eigenvalue weighted by molar-refractivity contribution is 6.05. The van der Waals surface area contributed by atoms with Gasteiger partial charge in [0.15, 0.2) is 5.76 Å². The van der Waals surface area contributed by atoms with E-state index in [0.29, 0.717) is 11.7 Å². The van der Waals surface area contributed by atoms with Crippen molar-refractivity contribution in [2.24, 2.45) is 5.92 Å². The average Bonchev–Trinajstić information content (AvgIpc) is 2.94. The number of para-hydroxylation sites is 2. The van der Waals surface area contributed by atoms with E-state index in [-0.39, 0.29) is 12.5 Å². The van der Waals surface area contributed by atoms with Crippen molar-refractivity contribution in [1.29, 1.82) is 0 Å². The van der Waals surface area contributed by atoms with E-state index in [2.05, 4.69) is 10.2 Å². The van der Waals surface area contributed by atoms with Gasteiger partial charge in [-0.25, -0.2) is 0 Å². The molecule has 0 unspecified atom stereocenters. The number of aliphatic hydroxyl groups excluding tert-OH is 1.